The van der Waals surface area contributed by atoms with Gasteiger partial charge in [-0.15, -0.1) is 0 Å². The smallest absolute Gasteiger partial charge is 0.298 e. The lowest BCUT2D eigenvalue weighted by Gasteiger charge is -2.24. The van der Waals surface area contributed by atoms with E-state index in [1.807, 2.05) is 0 Å². The van der Waals surface area contributed by atoms with E-state index in [9.17, 15) is 22.8 Å². The maximum atomic E-state index is 13.4. The number of nitrogen functional groups attached to an aromatic ring is 1. The second kappa shape index (κ2) is 8.15. The molecule has 0 atom stereocenters. The van der Waals surface area contributed by atoms with E-state index in [4.69, 9.17) is 5.73 Å². The molecule has 168 valence electrons. The molecule has 0 spiro atoms. The van der Waals surface area contributed by atoms with Crippen molar-refractivity contribution in [3.05, 3.63) is 76.9 Å². The SMILES string of the molecule is COS(=O)(=O)c1cc(Nc2cccc(NC(C)=O)c2)c2c(c1N)C(=O)c1ccccc1C2=O. The molecule has 1 aliphatic rings. The maximum absolute atomic E-state index is 13.4. The van der Waals surface area contributed by atoms with Crippen molar-refractivity contribution in [2.45, 2.75) is 11.8 Å². The fourth-order valence-electron chi connectivity index (χ4n) is 3.72. The molecule has 4 N–H and O–H groups in total. The molecule has 1 aliphatic carbocycles. The number of ketones is 2. The number of hydrogen-bond donors (Lipinski definition) is 3. The molecule has 0 heterocycles. The molecule has 10 heteroatoms. The van der Waals surface area contributed by atoms with E-state index in [2.05, 4.69) is 14.8 Å². The van der Waals surface area contributed by atoms with Crippen LogP contribution < -0.4 is 16.4 Å². The van der Waals surface area contributed by atoms with E-state index < -0.39 is 26.6 Å². The number of carbonyl (C=O) groups is 3. The number of nitrogens with two attached hydrogens (primary N) is 1. The molecular formula is C23H19N3O6S. The lowest BCUT2D eigenvalue weighted by Crippen LogP contribution is -2.25. The van der Waals surface area contributed by atoms with Crippen LogP contribution in [0.5, 0.6) is 0 Å². The first-order valence-electron chi connectivity index (χ1n) is 9.74. The topological polar surface area (TPSA) is 145 Å². The number of hydrogen-bond acceptors (Lipinski definition) is 8. The molecule has 3 aromatic rings. The average molecular weight is 465 g/mol. The molecule has 0 saturated carbocycles. The van der Waals surface area contributed by atoms with Gasteiger partial charge in [-0.25, -0.2) is 0 Å². The van der Waals surface area contributed by atoms with Crippen molar-refractivity contribution in [1.82, 2.24) is 0 Å². The standard InChI is InChI=1S/C23H19N3O6S/c1-12(27)25-13-6-5-7-14(10-13)26-17-11-18(33(30,31)32-2)21(24)20-19(17)22(28)15-8-3-4-9-16(15)23(20)29/h3-11,26H,24H2,1-2H3,(H,25,27). The summed E-state index contributed by atoms with van der Waals surface area (Å²) in [6, 6.07) is 14.0. The second-order valence-electron chi connectivity index (χ2n) is 7.30. The zero-order valence-electron chi connectivity index (χ0n) is 17.6. The minimum atomic E-state index is -4.30. The Hall–Kier alpha value is -4.02. The van der Waals surface area contributed by atoms with Crippen LogP contribution in [0.25, 0.3) is 0 Å². The molecule has 0 saturated heterocycles. The largest absolute Gasteiger partial charge is 0.397 e. The third-order valence-electron chi connectivity index (χ3n) is 5.15. The van der Waals surface area contributed by atoms with E-state index in [0.717, 1.165) is 13.2 Å². The van der Waals surface area contributed by atoms with E-state index >= 15 is 0 Å². The fraction of sp³-hybridized carbons (Fsp3) is 0.0870. The number of anilines is 4. The molecular weight excluding hydrogens is 446 g/mol. The van der Waals surface area contributed by atoms with Gasteiger partial charge < -0.3 is 16.4 Å². The van der Waals surface area contributed by atoms with Gasteiger partial charge in [-0.05, 0) is 24.3 Å². The predicted octanol–water partition coefficient (Wildman–Crippen LogP) is 3.08. The van der Waals surface area contributed by atoms with E-state index in [-0.39, 0.29) is 39.5 Å². The van der Waals surface area contributed by atoms with E-state index in [1.165, 1.54) is 19.1 Å². The summed E-state index contributed by atoms with van der Waals surface area (Å²) < 4.78 is 29.7. The Morgan fingerprint density at radius 3 is 2.12 bits per heavy atom. The summed E-state index contributed by atoms with van der Waals surface area (Å²) in [5.74, 6) is -1.32. The van der Waals surface area contributed by atoms with Gasteiger partial charge in [0.05, 0.1) is 29.6 Å². The number of amides is 1. The first-order valence-corrected chi connectivity index (χ1v) is 11.1. The Morgan fingerprint density at radius 2 is 1.52 bits per heavy atom. The quantitative estimate of drug-likeness (QED) is 0.301. The lowest BCUT2D eigenvalue weighted by molar-refractivity contribution is -0.114. The van der Waals surface area contributed by atoms with E-state index in [0.29, 0.717) is 11.4 Å². The highest BCUT2D eigenvalue weighted by Crippen LogP contribution is 2.40. The maximum Gasteiger partial charge on any atom is 0.298 e. The Balaban J connectivity index is 1.96. The summed E-state index contributed by atoms with van der Waals surface area (Å²) in [6.45, 7) is 1.36. The molecule has 0 bridgehead atoms. The number of rotatable bonds is 5. The van der Waals surface area contributed by atoms with Crippen molar-refractivity contribution >= 4 is 50.3 Å². The molecule has 0 aromatic heterocycles. The van der Waals surface area contributed by atoms with Crippen LogP contribution in [0.1, 0.15) is 38.8 Å². The number of fused-ring (bicyclic) bond motifs is 2. The van der Waals surface area contributed by atoms with Crippen LogP contribution in [0.15, 0.2) is 59.5 Å². The van der Waals surface area contributed by atoms with Gasteiger partial charge in [-0.3, -0.25) is 18.6 Å². The van der Waals surface area contributed by atoms with Crippen LogP contribution in [-0.2, 0) is 19.1 Å². The third kappa shape index (κ3) is 3.86. The van der Waals surface area contributed by atoms with Crippen LogP contribution >= 0.6 is 0 Å². The van der Waals surface area contributed by atoms with Gasteiger partial charge in [0.1, 0.15) is 4.90 Å². The molecule has 1 amide bonds. The van der Waals surface area contributed by atoms with Crippen LogP contribution in [0.2, 0.25) is 0 Å². The molecule has 3 aromatic carbocycles. The van der Waals surface area contributed by atoms with Gasteiger partial charge >= 0.3 is 0 Å². The van der Waals surface area contributed by atoms with Crippen molar-refractivity contribution in [3.63, 3.8) is 0 Å². The van der Waals surface area contributed by atoms with Crippen LogP contribution in [0, 0.1) is 0 Å². The van der Waals surface area contributed by atoms with Gasteiger partial charge in [0, 0.05) is 29.4 Å². The van der Waals surface area contributed by atoms with Crippen molar-refractivity contribution in [2.24, 2.45) is 0 Å². The Morgan fingerprint density at radius 1 is 0.909 bits per heavy atom. The van der Waals surface area contributed by atoms with Crippen molar-refractivity contribution < 1.29 is 27.0 Å². The van der Waals surface area contributed by atoms with Crippen LogP contribution in [-0.4, -0.2) is 33.0 Å². The van der Waals surface area contributed by atoms with Crippen LogP contribution in [0.3, 0.4) is 0 Å². The number of nitrogens with one attached hydrogen (secondary N) is 2. The molecule has 9 nitrogen and oxygen atoms in total. The third-order valence-corrected chi connectivity index (χ3v) is 6.47. The Bertz CT molecular complexity index is 1450. The molecule has 33 heavy (non-hydrogen) atoms. The summed E-state index contributed by atoms with van der Waals surface area (Å²) in [5, 5.41) is 5.63. The normalized spacial score (nSPS) is 12.7. The second-order valence-corrected chi connectivity index (χ2v) is 8.98. The molecule has 4 rings (SSSR count). The predicted molar refractivity (Wildman–Crippen MR) is 122 cm³/mol. The molecule has 0 radical (unpaired) electrons. The average Bonchev–Trinajstić information content (AvgIpc) is 2.78. The first-order chi connectivity index (χ1) is 15.6. The Kier molecular flexibility index (Phi) is 5.48. The minimum Gasteiger partial charge on any atom is -0.397 e. The first kappa shape index (κ1) is 22.2. The van der Waals surface area contributed by atoms with Gasteiger partial charge in [-0.1, -0.05) is 30.3 Å². The monoisotopic (exact) mass is 465 g/mol. The lowest BCUT2D eigenvalue weighted by atomic mass is 9.82. The van der Waals surface area contributed by atoms with E-state index in [1.54, 1.807) is 36.4 Å². The molecule has 0 aliphatic heterocycles. The zero-order valence-corrected chi connectivity index (χ0v) is 18.4. The summed E-state index contributed by atoms with van der Waals surface area (Å²) in [6.07, 6.45) is 0. The summed E-state index contributed by atoms with van der Waals surface area (Å²) in [4.78, 5) is 37.6. The zero-order chi connectivity index (χ0) is 23.9. The van der Waals surface area contributed by atoms with Gasteiger partial charge in [0.15, 0.2) is 11.6 Å². The van der Waals surface area contributed by atoms with Crippen molar-refractivity contribution in [2.75, 3.05) is 23.5 Å². The summed E-state index contributed by atoms with van der Waals surface area (Å²) in [7, 11) is -3.33. The molecule has 0 unspecified atom stereocenters. The number of benzene rings is 3. The van der Waals surface area contributed by atoms with Crippen LogP contribution in [0.4, 0.5) is 22.7 Å². The Labute approximate surface area is 189 Å². The van der Waals surface area contributed by atoms with Gasteiger partial charge in [0.2, 0.25) is 5.91 Å². The number of carbonyl (C=O) groups excluding carboxylic acids is 3. The minimum absolute atomic E-state index is 0.0452. The highest BCUT2D eigenvalue weighted by Gasteiger charge is 2.36. The van der Waals surface area contributed by atoms with Gasteiger partial charge in [0.25, 0.3) is 10.1 Å². The van der Waals surface area contributed by atoms with Crippen molar-refractivity contribution in [3.8, 4) is 0 Å². The highest BCUT2D eigenvalue weighted by molar-refractivity contribution is 7.87. The summed E-state index contributed by atoms with van der Waals surface area (Å²) in [5.41, 5.74) is 6.79. The fourth-order valence-corrected chi connectivity index (χ4v) is 4.54. The summed E-state index contributed by atoms with van der Waals surface area (Å²) >= 11 is 0. The van der Waals surface area contributed by atoms with Gasteiger partial charge in [-0.2, -0.15) is 8.42 Å². The highest BCUT2D eigenvalue weighted by atomic mass is 32.2. The van der Waals surface area contributed by atoms with Crippen molar-refractivity contribution in [1.29, 1.82) is 0 Å². The molecule has 0 fully saturated rings.